The fourth-order valence-corrected chi connectivity index (χ4v) is 2.65. The molecule has 0 atom stereocenters. The van der Waals surface area contributed by atoms with Crippen LogP contribution in [0.15, 0.2) is 0 Å². The van der Waals surface area contributed by atoms with Crippen molar-refractivity contribution in [2.75, 3.05) is 13.1 Å². The van der Waals surface area contributed by atoms with Crippen LogP contribution in [0.25, 0.3) is 0 Å². The van der Waals surface area contributed by atoms with Gasteiger partial charge in [0.15, 0.2) is 0 Å². The van der Waals surface area contributed by atoms with E-state index in [1.54, 1.807) is 0 Å². The molecule has 4 heteroatoms. The Morgan fingerprint density at radius 3 is 2.44 bits per heavy atom. The van der Waals surface area contributed by atoms with E-state index in [1.807, 2.05) is 0 Å². The van der Waals surface area contributed by atoms with Crippen LogP contribution in [0.2, 0.25) is 0 Å². The number of hydrogen-bond acceptors (Lipinski definition) is 3. The highest BCUT2D eigenvalue weighted by Crippen LogP contribution is 2.34. The van der Waals surface area contributed by atoms with E-state index in [-0.39, 0.29) is 11.3 Å². The Balaban J connectivity index is 2.38. The summed E-state index contributed by atoms with van der Waals surface area (Å²) in [6, 6.07) is 2.11. The summed E-state index contributed by atoms with van der Waals surface area (Å²) in [6.45, 7) is 1.12. The van der Waals surface area contributed by atoms with E-state index in [0.717, 1.165) is 38.5 Å². The lowest BCUT2D eigenvalue weighted by Gasteiger charge is -2.29. The van der Waals surface area contributed by atoms with E-state index in [1.165, 1.54) is 12.8 Å². The highest BCUT2D eigenvalue weighted by Gasteiger charge is 2.36. The number of carbonyl (C=O) groups excluding carboxylic acids is 1. The average molecular weight is 251 g/mol. The third-order valence-electron chi connectivity index (χ3n) is 3.93. The topological polar surface area (TPSA) is 78.9 Å². The van der Waals surface area contributed by atoms with Gasteiger partial charge in [-0.15, -0.1) is 0 Å². The first kappa shape index (κ1) is 15.0. The first-order valence-corrected chi connectivity index (χ1v) is 7.10. The molecule has 1 fully saturated rings. The Morgan fingerprint density at radius 2 is 1.89 bits per heavy atom. The van der Waals surface area contributed by atoms with E-state index in [0.29, 0.717) is 19.5 Å². The molecule has 0 aromatic rings. The number of carbonyl (C=O) groups is 1. The minimum Gasteiger partial charge on any atom is -0.356 e. The summed E-state index contributed by atoms with van der Waals surface area (Å²) in [6.07, 6.45) is 8.80. The molecular weight excluding hydrogens is 226 g/mol. The van der Waals surface area contributed by atoms with Crippen LogP contribution in [0.1, 0.15) is 57.8 Å². The van der Waals surface area contributed by atoms with Gasteiger partial charge in [0.25, 0.3) is 0 Å². The second-order valence-corrected chi connectivity index (χ2v) is 5.27. The second kappa shape index (κ2) is 8.10. The Morgan fingerprint density at radius 1 is 1.22 bits per heavy atom. The van der Waals surface area contributed by atoms with E-state index >= 15 is 0 Å². The number of nitrogens with zero attached hydrogens (tertiary/aromatic N) is 1. The summed E-state index contributed by atoms with van der Waals surface area (Å²) < 4.78 is 0. The maximum Gasteiger partial charge on any atom is 0.227 e. The molecule has 0 saturated heterocycles. The number of unbranched alkanes of at least 4 members (excludes halogenated alkanes) is 2. The lowest BCUT2D eigenvalue weighted by molar-refractivity contribution is -0.131. The van der Waals surface area contributed by atoms with E-state index in [2.05, 4.69) is 11.4 Å². The summed E-state index contributed by atoms with van der Waals surface area (Å²) in [4.78, 5) is 12.3. The van der Waals surface area contributed by atoms with Crippen molar-refractivity contribution in [2.24, 2.45) is 11.1 Å². The molecule has 3 N–H and O–H groups in total. The number of hydrogen-bond donors (Lipinski definition) is 2. The summed E-state index contributed by atoms with van der Waals surface area (Å²) in [5.74, 6) is 0.129. The van der Waals surface area contributed by atoms with Crippen LogP contribution in [0.4, 0.5) is 0 Å². The maximum absolute atomic E-state index is 12.3. The standard InChI is InChI=1S/C14H25N3O/c15-10-6-3-7-11-17-13(18)14(12-16)8-4-1-2-5-9-14/h1-9,11-12,16H2,(H,17,18). The van der Waals surface area contributed by atoms with E-state index in [9.17, 15) is 4.79 Å². The van der Waals surface area contributed by atoms with Gasteiger partial charge in [0.05, 0.1) is 11.5 Å². The van der Waals surface area contributed by atoms with Crippen molar-refractivity contribution in [2.45, 2.75) is 57.8 Å². The zero-order valence-electron chi connectivity index (χ0n) is 11.2. The monoisotopic (exact) mass is 251 g/mol. The van der Waals surface area contributed by atoms with Crippen molar-refractivity contribution >= 4 is 5.91 Å². The molecule has 1 aliphatic rings. The molecule has 1 saturated carbocycles. The molecule has 4 nitrogen and oxygen atoms in total. The van der Waals surface area contributed by atoms with Gasteiger partial charge in [0, 0.05) is 19.5 Å². The van der Waals surface area contributed by atoms with Crippen molar-refractivity contribution in [3.8, 4) is 6.07 Å². The van der Waals surface area contributed by atoms with Gasteiger partial charge < -0.3 is 11.1 Å². The lowest BCUT2D eigenvalue weighted by Crippen LogP contribution is -2.46. The molecule has 0 heterocycles. The Bertz CT molecular complexity index is 288. The van der Waals surface area contributed by atoms with Gasteiger partial charge in [0.1, 0.15) is 0 Å². The molecule has 1 rings (SSSR count). The SMILES string of the molecule is N#CCCCCNC(=O)C1(CN)CCCCCC1. The summed E-state index contributed by atoms with van der Waals surface area (Å²) in [5.41, 5.74) is 5.53. The van der Waals surface area contributed by atoms with Crippen molar-refractivity contribution in [3.05, 3.63) is 0 Å². The molecule has 1 amide bonds. The Hall–Kier alpha value is -1.08. The predicted molar refractivity (Wildman–Crippen MR) is 71.7 cm³/mol. The number of nitriles is 1. The van der Waals surface area contributed by atoms with Gasteiger partial charge in [-0.05, 0) is 25.7 Å². The number of nitrogens with two attached hydrogens (primary N) is 1. The predicted octanol–water partition coefficient (Wildman–Crippen LogP) is 2.10. The molecule has 18 heavy (non-hydrogen) atoms. The van der Waals surface area contributed by atoms with Gasteiger partial charge in [-0.1, -0.05) is 25.7 Å². The quantitative estimate of drug-likeness (QED) is 0.560. The van der Waals surface area contributed by atoms with Gasteiger partial charge in [-0.2, -0.15) is 5.26 Å². The number of nitrogens with one attached hydrogen (secondary N) is 1. The highest BCUT2D eigenvalue weighted by atomic mass is 16.2. The minimum absolute atomic E-state index is 0.129. The van der Waals surface area contributed by atoms with Crippen molar-refractivity contribution in [3.63, 3.8) is 0 Å². The zero-order valence-corrected chi connectivity index (χ0v) is 11.2. The summed E-state index contributed by atoms with van der Waals surface area (Å²) >= 11 is 0. The van der Waals surface area contributed by atoms with Crippen LogP contribution in [0.5, 0.6) is 0 Å². The molecule has 0 spiro atoms. The minimum atomic E-state index is -0.328. The molecule has 0 unspecified atom stereocenters. The van der Waals surface area contributed by atoms with Crippen molar-refractivity contribution < 1.29 is 4.79 Å². The number of amides is 1. The fraction of sp³-hybridized carbons (Fsp3) is 0.857. The van der Waals surface area contributed by atoms with Gasteiger partial charge in [0.2, 0.25) is 5.91 Å². The van der Waals surface area contributed by atoms with Gasteiger partial charge >= 0.3 is 0 Å². The van der Waals surface area contributed by atoms with Crippen LogP contribution >= 0.6 is 0 Å². The highest BCUT2D eigenvalue weighted by molar-refractivity contribution is 5.82. The second-order valence-electron chi connectivity index (χ2n) is 5.27. The van der Waals surface area contributed by atoms with Crippen LogP contribution < -0.4 is 11.1 Å². The molecule has 102 valence electrons. The van der Waals surface area contributed by atoms with Crippen molar-refractivity contribution in [1.82, 2.24) is 5.32 Å². The molecule has 0 bridgehead atoms. The van der Waals surface area contributed by atoms with Crippen LogP contribution in [-0.2, 0) is 4.79 Å². The molecule has 0 aromatic carbocycles. The Labute approximate surface area is 110 Å². The molecule has 0 radical (unpaired) electrons. The summed E-state index contributed by atoms with van der Waals surface area (Å²) in [7, 11) is 0. The first-order chi connectivity index (χ1) is 8.75. The van der Waals surface area contributed by atoms with E-state index < -0.39 is 0 Å². The fourth-order valence-electron chi connectivity index (χ4n) is 2.65. The van der Waals surface area contributed by atoms with Crippen LogP contribution in [0.3, 0.4) is 0 Å². The zero-order chi connectivity index (χ0) is 13.3. The van der Waals surface area contributed by atoms with E-state index in [4.69, 9.17) is 11.0 Å². The van der Waals surface area contributed by atoms with Gasteiger partial charge in [-0.3, -0.25) is 4.79 Å². The summed E-state index contributed by atoms with van der Waals surface area (Å²) in [5, 5.41) is 11.4. The van der Waals surface area contributed by atoms with Crippen molar-refractivity contribution in [1.29, 1.82) is 5.26 Å². The largest absolute Gasteiger partial charge is 0.356 e. The average Bonchev–Trinajstić information content (AvgIpc) is 2.64. The lowest BCUT2D eigenvalue weighted by atomic mass is 9.79. The Kier molecular flexibility index (Phi) is 6.74. The third kappa shape index (κ3) is 4.30. The van der Waals surface area contributed by atoms with Crippen LogP contribution in [0, 0.1) is 16.7 Å². The maximum atomic E-state index is 12.3. The molecular formula is C14H25N3O. The third-order valence-corrected chi connectivity index (χ3v) is 3.93. The van der Waals surface area contributed by atoms with Gasteiger partial charge in [-0.25, -0.2) is 0 Å². The first-order valence-electron chi connectivity index (χ1n) is 7.10. The number of rotatable bonds is 6. The smallest absolute Gasteiger partial charge is 0.227 e. The normalized spacial score (nSPS) is 18.7. The molecule has 1 aliphatic carbocycles. The molecule has 0 aliphatic heterocycles. The van der Waals surface area contributed by atoms with Crippen LogP contribution in [-0.4, -0.2) is 19.0 Å². The molecule has 0 aromatic heterocycles.